The van der Waals surface area contributed by atoms with Crippen molar-refractivity contribution >= 4 is 53.5 Å². The Morgan fingerprint density at radius 3 is 0.740 bits per heavy atom. The van der Waals surface area contributed by atoms with Crippen LogP contribution in [0.15, 0.2) is 72.8 Å². The molecule has 0 fully saturated rings. The van der Waals surface area contributed by atoms with E-state index in [1.165, 1.54) is 12.1 Å². The zero-order valence-electron chi connectivity index (χ0n) is 24.7. The third-order valence-electron chi connectivity index (χ3n) is 6.78. The number of benzene rings is 4. The molecule has 0 spiro atoms. The first-order chi connectivity index (χ1) is 23.3. The van der Waals surface area contributed by atoms with Gasteiger partial charge >= 0.3 is 47.8 Å². The van der Waals surface area contributed by atoms with Crippen LogP contribution in [0.4, 0.5) is 0 Å². The highest BCUT2D eigenvalue weighted by molar-refractivity contribution is 6.13. The predicted octanol–water partition coefficient (Wildman–Crippen LogP) is 3.86. The van der Waals surface area contributed by atoms with E-state index in [0.717, 1.165) is 60.7 Å². The molecule has 0 bridgehead atoms. The van der Waals surface area contributed by atoms with Crippen molar-refractivity contribution in [2.45, 2.75) is 0 Å². The molecular formula is C33H20O17. The van der Waals surface area contributed by atoms with Crippen molar-refractivity contribution in [3.05, 3.63) is 128 Å². The quantitative estimate of drug-likeness (QED) is 0.104. The van der Waals surface area contributed by atoms with E-state index in [9.17, 15) is 43.2 Å². The molecule has 0 radical (unpaired) electrons. The monoisotopic (exact) mass is 688 g/mol. The summed E-state index contributed by atoms with van der Waals surface area (Å²) in [4.78, 5) is 101. The lowest BCUT2D eigenvalue weighted by Gasteiger charge is -2.09. The van der Waals surface area contributed by atoms with Gasteiger partial charge in [0, 0.05) is 11.1 Å². The zero-order chi connectivity index (χ0) is 37.6. The second-order valence-electron chi connectivity index (χ2n) is 9.81. The molecule has 4 aromatic carbocycles. The molecule has 0 aliphatic heterocycles. The van der Waals surface area contributed by atoms with Gasteiger partial charge in [0.2, 0.25) is 0 Å². The molecule has 17 heteroatoms. The van der Waals surface area contributed by atoms with Crippen LogP contribution >= 0.6 is 0 Å². The lowest BCUT2D eigenvalue weighted by atomic mass is 9.95. The molecule has 0 amide bonds. The molecule has 0 aliphatic rings. The van der Waals surface area contributed by atoms with Gasteiger partial charge in [-0.05, 0) is 59.7 Å². The largest absolute Gasteiger partial charge is 0.478 e. The summed E-state index contributed by atoms with van der Waals surface area (Å²) in [6.45, 7) is 0. The van der Waals surface area contributed by atoms with E-state index in [0.29, 0.717) is 0 Å². The summed E-state index contributed by atoms with van der Waals surface area (Å²) in [6.07, 6.45) is 0. The Balaban J connectivity index is 0.000000271. The van der Waals surface area contributed by atoms with E-state index < -0.39 is 98.0 Å². The van der Waals surface area contributed by atoms with E-state index in [1.807, 2.05) is 0 Å². The van der Waals surface area contributed by atoms with Gasteiger partial charge in [-0.1, -0.05) is 24.3 Å². The van der Waals surface area contributed by atoms with E-state index in [1.54, 1.807) is 0 Å². The molecular weight excluding hydrogens is 668 g/mol. The van der Waals surface area contributed by atoms with Gasteiger partial charge in [0.05, 0.1) is 44.5 Å². The Morgan fingerprint density at radius 2 is 0.500 bits per heavy atom. The minimum absolute atomic E-state index is 0.188. The molecule has 8 N–H and O–H groups in total. The standard InChI is InChI=1S/C17H10O9.C16H10O8/c18-13(7-1-3-9(14(19)20)11(5-7)16(23)24)8-2-4-10(15(21)22)12(6-8)17(25)26;17-13(18)9-3-1-7(5-11(9)15(21)22)8-2-4-10(14(19)20)12(6-8)16(23)24/h1-6H,(H,19,20)(H,21,22)(H,23,24)(H,25,26);1-6H,(H,17,18)(H,19,20)(H,21,22)(H,23,24). The van der Waals surface area contributed by atoms with E-state index in [-0.39, 0.29) is 22.3 Å². The van der Waals surface area contributed by atoms with Crippen molar-refractivity contribution in [3.63, 3.8) is 0 Å². The Morgan fingerprint density at radius 1 is 0.280 bits per heavy atom. The number of carbonyl (C=O) groups is 9. The van der Waals surface area contributed by atoms with Crippen LogP contribution in [-0.2, 0) is 0 Å². The highest BCUT2D eigenvalue weighted by Gasteiger charge is 2.23. The molecule has 0 heterocycles. The fourth-order valence-corrected chi connectivity index (χ4v) is 4.44. The van der Waals surface area contributed by atoms with Crippen molar-refractivity contribution < 1.29 is 84.0 Å². The first-order valence-electron chi connectivity index (χ1n) is 13.3. The molecule has 17 nitrogen and oxygen atoms in total. The van der Waals surface area contributed by atoms with Crippen LogP contribution < -0.4 is 0 Å². The summed E-state index contributed by atoms with van der Waals surface area (Å²) in [5, 5.41) is 72.3. The fraction of sp³-hybridized carbons (Fsp3) is 0. The zero-order valence-corrected chi connectivity index (χ0v) is 24.7. The number of rotatable bonds is 11. The van der Waals surface area contributed by atoms with Gasteiger partial charge < -0.3 is 40.9 Å². The Labute approximate surface area is 277 Å². The molecule has 4 aromatic rings. The molecule has 0 unspecified atom stereocenters. The Kier molecular flexibility index (Phi) is 10.9. The highest BCUT2D eigenvalue weighted by atomic mass is 16.4. The van der Waals surface area contributed by atoms with Crippen LogP contribution in [0.5, 0.6) is 0 Å². The summed E-state index contributed by atoms with van der Waals surface area (Å²) in [5.74, 6) is -12.6. The third-order valence-corrected chi connectivity index (χ3v) is 6.78. The summed E-state index contributed by atoms with van der Waals surface area (Å²) in [5.41, 5.74) is -3.86. The van der Waals surface area contributed by atoms with Crippen LogP contribution in [0.2, 0.25) is 0 Å². The van der Waals surface area contributed by atoms with Gasteiger partial charge in [0.1, 0.15) is 0 Å². The summed E-state index contributed by atoms with van der Waals surface area (Å²) >= 11 is 0. The minimum atomic E-state index is -1.55. The van der Waals surface area contributed by atoms with Crippen LogP contribution in [0.3, 0.4) is 0 Å². The molecule has 50 heavy (non-hydrogen) atoms. The normalized spacial score (nSPS) is 10.2. The van der Waals surface area contributed by atoms with Gasteiger partial charge in [-0.3, -0.25) is 4.79 Å². The van der Waals surface area contributed by atoms with E-state index in [4.69, 9.17) is 40.9 Å². The fourth-order valence-electron chi connectivity index (χ4n) is 4.44. The molecule has 0 aliphatic carbocycles. The van der Waals surface area contributed by atoms with Crippen LogP contribution in [-0.4, -0.2) is 94.4 Å². The molecule has 4 rings (SSSR count). The Bertz CT molecular complexity index is 2010. The number of hydrogen-bond donors (Lipinski definition) is 8. The second kappa shape index (κ2) is 14.8. The van der Waals surface area contributed by atoms with E-state index >= 15 is 0 Å². The maximum absolute atomic E-state index is 12.5. The lowest BCUT2D eigenvalue weighted by Crippen LogP contribution is -2.13. The topological polar surface area (TPSA) is 315 Å². The van der Waals surface area contributed by atoms with Crippen molar-refractivity contribution in [3.8, 4) is 11.1 Å². The summed E-state index contributed by atoms with van der Waals surface area (Å²) in [6, 6.07) is 12.8. The van der Waals surface area contributed by atoms with Crippen molar-refractivity contribution in [1.82, 2.24) is 0 Å². The van der Waals surface area contributed by atoms with Crippen LogP contribution in [0, 0.1) is 0 Å². The number of carboxylic acids is 8. The Hall–Kier alpha value is -7.69. The number of ketones is 1. The predicted molar refractivity (Wildman–Crippen MR) is 164 cm³/mol. The smallest absolute Gasteiger partial charge is 0.336 e. The first kappa shape index (κ1) is 36.8. The molecule has 0 aromatic heterocycles. The third kappa shape index (κ3) is 7.99. The molecule has 0 atom stereocenters. The average molecular weight is 689 g/mol. The maximum Gasteiger partial charge on any atom is 0.336 e. The minimum Gasteiger partial charge on any atom is -0.478 e. The average Bonchev–Trinajstić information content (AvgIpc) is 3.06. The summed E-state index contributed by atoms with van der Waals surface area (Å²) in [7, 11) is 0. The number of carboxylic acid groups (broad SMARTS) is 8. The molecule has 0 saturated carbocycles. The lowest BCUT2D eigenvalue weighted by molar-refractivity contribution is 0.0651. The summed E-state index contributed by atoms with van der Waals surface area (Å²) < 4.78 is 0. The van der Waals surface area contributed by atoms with Crippen molar-refractivity contribution in [2.75, 3.05) is 0 Å². The van der Waals surface area contributed by atoms with Gasteiger partial charge in [-0.25, -0.2) is 38.4 Å². The number of aromatic carboxylic acids is 8. The number of hydrogen-bond acceptors (Lipinski definition) is 9. The van der Waals surface area contributed by atoms with Gasteiger partial charge in [0.25, 0.3) is 0 Å². The molecule has 254 valence electrons. The SMILES string of the molecule is O=C(O)c1ccc(-c2ccc(C(=O)O)c(C(=O)O)c2)cc1C(=O)O.O=C(c1ccc(C(=O)O)c(C(=O)O)c1)c1ccc(C(=O)O)c(C(=O)O)c1. The highest BCUT2D eigenvalue weighted by Crippen LogP contribution is 2.26. The number of carbonyl (C=O) groups excluding carboxylic acids is 1. The van der Waals surface area contributed by atoms with Gasteiger partial charge in [0.15, 0.2) is 5.78 Å². The van der Waals surface area contributed by atoms with E-state index in [2.05, 4.69) is 0 Å². The van der Waals surface area contributed by atoms with Gasteiger partial charge in [-0.15, -0.1) is 0 Å². The van der Waals surface area contributed by atoms with Crippen molar-refractivity contribution in [2.24, 2.45) is 0 Å². The maximum atomic E-state index is 12.5. The van der Waals surface area contributed by atoms with Crippen LogP contribution in [0.1, 0.15) is 98.8 Å². The van der Waals surface area contributed by atoms with Crippen LogP contribution in [0.25, 0.3) is 11.1 Å². The van der Waals surface area contributed by atoms with Gasteiger partial charge in [-0.2, -0.15) is 0 Å². The first-order valence-corrected chi connectivity index (χ1v) is 13.3. The second-order valence-corrected chi connectivity index (χ2v) is 9.81. The van der Waals surface area contributed by atoms with Crippen molar-refractivity contribution in [1.29, 1.82) is 0 Å². The molecule has 0 saturated heterocycles.